The predicted molar refractivity (Wildman–Crippen MR) is 66.5 cm³/mol. The van der Waals surface area contributed by atoms with Crippen molar-refractivity contribution in [3.63, 3.8) is 0 Å². The number of nitrogens with two attached hydrogens (primary N) is 1. The molecule has 2 fully saturated rings. The molecule has 4 heteroatoms. The van der Waals surface area contributed by atoms with Crippen molar-refractivity contribution in [2.45, 2.75) is 51.1 Å². The minimum Gasteiger partial charge on any atom is -0.379 e. The monoisotopic (exact) mass is 240 g/mol. The Morgan fingerprint density at radius 1 is 1.35 bits per heavy atom. The van der Waals surface area contributed by atoms with Crippen LogP contribution in [0, 0.1) is 5.92 Å². The lowest BCUT2D eigenvalue weighted by atomic mass is 10.0. The lowest BCUT2D eigenvalue weighted by Gasteiger charge is -2.32. The summed E-state index contributed by atoms with van der Waals surface area (Å²) in [5, 5.41) is 0. The van der Waals surface area contributed by atoms with Gasteiger partial charge in [-0.15, -0.1) is 0 Å². The summed E-state index contributed by atoms with van der Waals surface area (Å²) in [6.07, 6.45) is 5.81. The summed E-state index contributed by atoms with van der Waals surface area (Å²) >= 11 is 0. The topological polar surface area (TPSA) is 55.6 Å². The summed E-state index contributed by atoms with van der Waals surface area (Å²) in [5.41, 5.74) is 5.94. The molecule has 98 valence electrons. The average molecular weight is 240 g/mol. The maximum absolute atomic E-state index is 12.5. The van der Waals surface area contributed by atoms with Crippen LogP contribution in [0.3, 0.4) is 0 Å². The van der Waals surface area contributed by atoms with Crippen molar-refractivity contribution in [2.24, 2.45) is 11.7 Å². The van der Waals surface area contributed by atoms with Crippen molar-refractivity contribution in [3.05, 3.63) is 0 Å². The second-order valence-corrected chi connectivity index (χ2v) is 5.25. The third-order valence-corrected chi connectivity index (χ3v) is 4.07. The number of nitrogens with zero attached hydrogens (tertiary/aromatic N) is 1. The summed E-state index contributed by atoms with van der Waals surface area (Å²) < 4.78 is 5.31. The summed E-state index contributed by atoms with van der Waals surface area (Å²) in [6.45, 7) is 4.11. The summed E-state index contributed by atoms with van der Waals surface area (Å²) in [4.78, 5) is 14.6. The van der Waals surface area contributed by atoms with Crippen molar-refractivity contribution in [1.82, 2.24) is 4.90 Å². The third kappa shape index (κ3) is 2.80. The molecule has 17 heavy (non-hydrogen) atoms. The van der Waals surface area contributed by atoms with Crippen molar-refractivity contribution in [2.75, 3.05) is 19.8 Å². The van der Waals surface area contributed by atoms with Crippen molar-refractivity contribution < 1.29 is 9.53 Å². The molecule has 4 nitrogen and oxygen atoms in total. The minimum absolute atomic E-state index is 0.108. The third-order valence-electron chi connectivity index (χ3n) is 4.07. The van der Waals surface area contributed by atoms with Crippen molar-refractivity contribution >= 4 is 5.91 Å². The number of likely N-dealkylation sites (tertiary alicyclic amines) is 1. The first-order valence-electron chi connectivity index (χ1n) is 6.87. The van der Waals surface area contributed by atoms with E-state index in [1.165, 1.54) is 12.8 Å². The van der Waals surface area contributed by atoms with E-state index in [-0.39, 0.29) is 17.9 Å². The van der Waals surface area contributed by atoms with Gasteiger partial charge in [-0.25, -0.2) is 0 Å². The Kier molecular flexibility index (Phi) is 4.40. The number of hydrogen-bond donors (Lipinski definition) is 1. The maximum atomic E-state index is 12.5. The molecule has 2 aliphatic heterocycles. The first-order chi connectivity index (χ1) is 8.24. The van der Waals surface area contributed by atoms with Gasteiger partial charge >= 0.3 is 0 Å². The van der Waals surface area contributed by atoms with Gasteiger partial charge in [0.25, 0.3) is 0 Å². The molecule has 0 aromatic carbocycles. The molecule has 0 aliphatic carbocycles. The summed E-state index contributed by atoms with van der Waals surface area (Å²) in [6, 6.07) is 0.307. The zero-order valence-corrected chi connectivity index (χ0v) is 10.7. The van der Waals surface area contributed by atoms with Crippen LogP contribution in [0.1, 0.15) is 39.0 Å². The average Bonchev–Trinajstić information content (AvgIpc) is 2.64. The molecule has 2 saturated heterocycles. The Hall–Kier alpha value is -0.610. The van der Waals surface area contributed by atoms with Crippen LogP contribution < -0.4 is 5.73 Å². The number of carbonyl (C=O) groups excluding carboxylic acids is 1. The zero-order valence-electron chi connectivity index (χ0n) is 10.7. The zero-order chi connectivity index (χ0) is 12.3. The fourth-order valence-corrected chi connectivity index (χ4v) is 2.93. The first-order valence-corrected chi connectivity index (χ1v) is 6.87. The van der Waals surface area contributed by atoms with Crippen LogP contribution in [-0.4, -0.2) is 42.6 Å². The fraction of sp³-hybridized carbons (Fsp3) is 0.923. The van der Waals surface area contributed by atoms with Gasteiger partial charge in [0.15, 0.2) is 0 Å². The second-order valence-electron chi connectivity index (χ2n) is 5.25. The smallest absolute Gasteiger partial charge is 0.229 e. The van der Waals surface area contributed by atoms with E-state index in [2.05, 4.69) is 11.8 Å². The standard InChI is InChI=1S/C13H24N2O2/c1-2-10-6-4-3-5-7-15(10)13(16)11-8-17-9-12(11)14/h10-12H,2-9,14H2,1H3. The van der Waals surface area contributed by atoms with Gasteiger partial charge in [0.1, 0.15) is 0 Å². The highest BCUT2D eigenvalue weighted by molar-refractivity contribution is 5.80. The van der Waals surface area contributed by atoms with Crippen LogP contribution in [0.25, 0.3) is 0 Å². The number of carbonyl (C=O) groups is 1. The lowest BCUT2D eigenvalue weighted by molar-refractivity contribution is -0.138. The number of ether oxygens (including phenoxy) is 1. The molecule has 3 unspecified atom stereocenters. The van der Waals surface area contributed by atoms with Gasteiger partial charge in [0.05, 0.1) is 19.1 Å². The van der Waals surface area contributed by atoms with Crippen LogP contribution in [0.2, 0.25) is 0 Å². The molecule has 3 atom stereocenters. The number of hydrogen-bond acceptors (Lipinski definition) is 3. The van der Waals surface area contributed by atoms with Gasteiger partial charge < -0.3 is 15.4 Å². The van der Waals surface area contributed by atoms with Gasteiger partial charge in [-0.1, -0.05) is 19.8 Å². The molecule has 0 radical (unpaired) electrons. The van der Waals surface area contributed by atoms with E-state index in [0.29, 0.717) is 19.3 Å². The highest BCUT2D eigenvalue weighted by atomic mass is 16.5. The summed E-state index contributed by atoms with van der Waals surface area (Å²) in [5.74, 6) is 0.117. The molecule has 0 saturated carbocycles. The van der Waals surface area contributed by atoms with E-state index in [4.69, 9.17) is 10.5 Å². The maximum Gasteiger partial charge on any atom is 0.229 e. The normalized spacial score (nSPS) is 34.7. The van der Waals surface area contributed by atoms with Gasteiger partial charge in [-0.05, 0) is 19.3 Å². The van der Waals surface area contributed by atoms with Crippen LogP contribution >= 0.6 is 0 Å². The Morgan fingerprint density at radius 3 is 2.82 bits per heavy atom. The molecule has 0 aromatic rings. The van der Waals surface area contributed by atoms with Gasteiger partial charge in [-0.3, -0.25) is 4.79 Å². The van der Waals surface area contributed by atoms with Crippen LogP contribution in [0.4, 0.5) is 0 Å². The Bertz CT molecular complexity index is 270. The molecule has 2 rings (SSSR count). The van der Waals surface area contributed by atoms with Gasteiger partial charge in [0, 0.05) is 18.6 Å². The molecular formula is C13H24N2O2. The molecule has 2 aliphatic rings. The van der Waals surface area contributed by atoms with Gasteiger partial charge in [-0.2, -0.15) is 0 Å². The Labute approximate surface area is 103 Å². The van der Waals surface area contributed by atoms with E-state index < -0.39 is 0 Å². The highest BCUT2D eigenvalue weighted by Crippen LogP contribution is 2.23. The van der Waals surface area contributed by atoms with E-state index in [1.807, 2.05) is 0 Å². The lowest BCUT2D eigenvalue weighted by Crippen LogP contribution is -2.47. The predicted octanol–water partition coefficient (Wildman–Crippen LogP) is 1.14. The highest BCUT2D eigenvalue weighted by Gasteiger charge is 2.36. The molecule has 0 spiro atoms. The van der Waals surface area contributed by atoms with E-state index in [9.17, 15) is 4.79 Å². The van der Waals surface area contributed by atoms with Crippen molar-refractivity contribution in [3.8, 4) is 0 Å². The van der Waals surface area contributed by atoms with E-state index in [1.54, 1.807) is 0 Å². The largest absolute Gasteiger partial charge is 0.379 e. The van der Waals surface area contributed by atoms with E-state index in [0.717, 1.165) is 25.8 Å². The first kappa shape index (κ1) is 12.8. The van der Waals surface area contributed by atoms with Gasteiger partial charge in [0.2, 0.25) is 5.91 Å². The number of amides is 1. The molecule has 0 bridgehead atoms. The fourth-order valence-electron chi connectivity index (χ4n) is 2.93. The molecule has 0 aromatic heterocycles. The van der Waals surface area contributed by atoms with Crippen LogP contribution in [0.15, 0.2) is 0 Å². The van der Waals surface area contributed by atoms with Crippen LogP contribution in [0.5, 0.6) is 0 Å². The molecule has 1 amide bonds. The van der Waals surface area contributed by atoms with Crippen molar-refractivity contribution in [1.29, 1.82) is 0 Å². The Balaban J connectivity index is 2.04. The van der Waals surface area contributed by atoms with E-state index >= 15 is 0 Å². The second kappa shape index (κ2) is 5.83. The molecule has 2 heterocycles. The Morgan fingerprint density at radius 2 is 2.18 bits per heavy atom. The van der Waals surface area contributed by atoms with Crippen LogP contribution in [-0.2, 0) is 9.53 Å². The number of rotatable bonds is 2. The minimum atomic E-state index is -0.109. The molecule has 2 N–H and O–H groups in total. The quantitative estimate of drug-likeness (QED) is 0.787. The SMILES string of the molecule is CCC1CCCCCN1C(=O)C1COCC1N. The summed E-state index contributed by atoms with van der Waals surface area (Å²) in [7, 11) is 0. The molecular weight excluding hydrogens is 216 g/mol.